The summed E-state index contributed by atoms with van der Waals surface area (Å²) in [6.45, 7) is 6.14. The van der Waals surface area contributed by atoms with E-state index in [1.807, 2.05) is 7.05 Å². The molecule has 19 heavy (non-hydrogen) atoms. The normalized spacial score (nSPS) is 30.6. The minimum atomic E-state index is 0.716. The summed E-state index contributed by atoms with van der Waals surface area (Å²) in [4.78, 5) is 2.63. The molecule has 2 saturated heterocycles. The van der Waals surface area contributed by atoms with Crippen LogP contribution in [0.3, 0.4) is 0 Å². The maximum atomic E-state index is 4.60. The molecule has 0 saturated carbocycles. The Kier molecular flexibility index (Phi) is 6.51. The molecule has 110 valence electrons. The Bertz CT molecular complexity index is 293. The molecule has 2 rings (SSSR count). The van der Waals surface area contributed by atoms with Gasteiger partial charge in [-0.2, -0.15) is 16.9 Å². The van der Waals surface area contributed by atoms with Crippen molar-refractivity contribution < 1.29 is 0 Å². The van der Waals surface area contributed by atoms with Gasteiger partial charge in [0.25, 0.3) is 0 Å². The highest BCUT2D eigenvalue weighted by Crippen LogP contribution is 2.33. The summed E-state index contributed by atoms with van der Waals surface area (Å²) in [6, 6.07) is 0. The number of unbranched alkanes of at least 4 members (excludes halogenated alkanes) is 2. The first-order valence-corrected chi connectivity index (χ1v) is 9.04. The molecular formula is C15H29N3S. The molecule has 3 atom stereocenters. The molecule has 0 spiro atoms. The molecule has 1 N–H and O–H groups in total. The number of rotatable bonds is 8. The van der Waals surface area contributed by atoms with Crippen LogP contribution in [0.15, 0.2) is 5.10 Å². The summed E-state index contributed by atoms with van der Waals surface area (Å²) in [7, 11) is 1.93. The monoisotopic (exact) mass is 283 g/mol. The van der Waals surface area contributed by atoms with Gasteiger partial charge < -0.3 is 10.3 Å². The van der Waals surface area contributed by atoms with Gasteiger partial charge in [0.05, 0.1) is 5.71 Å². The summed E-state index contributed by atoms with van der Waals surface area (Å²) in [5.41, 5.74) is 4.45. The van der Waals surface area contributed by atoms with E-state index < -0.39 is 0 Å². The summed E-state index contributed by atoms with van der Waals surface area (Å²) >= 11 is 2.07. The van der Waals surface area contributed by atoms with Crippen LogP contribution in [-0.4, -0.2) is 48.8 Å². The number of hydrogen-bond donors (Lipinski definition) is 1. The van der Waals surface area contributed by atoms with Crippen LogP contribution in [0.5, 0.6) is 0 Å². The van der Waals surface area contributed by atoms with Crippen molar-refractivity contribution in [1.29, 1.82) is 0 Å². The third-order valence-electron chi connectivity index (χ3n) is 4.39. The van der Waals surface area contributed by atoms with Crippen LogP contribution in [0.4, 0.5) is 0 Å². The zero-order valence-corrected chi connectivity index (χ0v) is 13.3. The van der Waals surface area contributed by atoms with Crippen LogP contribution in [0.25, 0.3) is 0 Å². The van der Waals surface area contributed by atoms with Gasteiger partial charge >= 0.3 is 0 Å². The maximum absolute atomic E-state index is 4.60. The van der Waals surface area contributed by atoms with Gasteiger partial charge in [0.1, 0.15) is 0 Å². The molecule has 2 heterocycles. The predicted molar refractivity (Wildman–Crippen MR) is 86.0 cm³/mol. The lowest BCUT2D eigenvalue weighted by Crippen LogP contribution is -2.26. The minimum Gasteiger partial charge on any atom is -0.313 e. The molecule has 0 aromatic carbocycles. The summed E-state index contributed by atoms with van der Waals surface area (Å²) in [6.07, 6.45) is 6.83. The highest BCUT2D eigenvalue weighted by molar-refractivity contribution is 7.99. The zero-order chi connectivity index (χ0) is 13.5. The quantitative estimate of drug-likeness (QED) is 0.422. The smallest absolute Gasteiger partial charge is 0.0523 e. The molecule has 0 amide bonds. The van der Waals surface area contributed by atoms with Crippen LogP contribution in [0.2, 0.25) is 0 Å². The lowest BCUT2D eigenvalue weighted by molar-refractivity contribution is 0.269. The number of piperidine rings is 1. The van der Waals surface area contributed by atoms with E-state index in [1.54, 1.807) is 0 Å². The largest absolute Gasteiger partial charge is 0.313 e. The van der Waals surface area contributed by atoms with Crippen molar-refractivity contribution >= 4 is 17.5 Å². The van der Waals surface area contributed by atoms with Gasteiger partial charge in [-0.3, -0.25) is 0 Å². The molecule has 4 heteroatoms. The average Bonchev–Trinajstić information content (AvgIpc) is 2.72. The van der Waals surface area contributed by atoms with Gasteiger partial charge in [0.15, 0.2) is 0 Å². The fourth-order valence-electron chi connectivity index (χ4n) is 3.39. The maximum Gasteiger partial charge on any atom is 0.0523 e. The third kappa shape index (κ3) is 4.38. The number of hydrogen-bond acceptors (Lipinski definition) is 4. The van der Waals surface area contributed by atoms with Crippen LogP contribution in [-0.2, 0) is 0 Å². The van der Waals surface area contributed by atoms with E-state index in [9.17, 15) is 0 Å². The molecule has 3 nitrogen and oxygen atoms in total. The molecule has 2 unspecified atom stereocenters. The number of nitrogens with zero attached hydrogens (tertiary/aromatic N) is 2. The van der Waals surface area contributed by atoms with Crippen molar-refractivity contribution in [2.45, 2.75) is 39.0 Å². The fraction of sp³-hybridized carbons (Fsp3) is 0.933. The Morgan fingerprint density at radius 1 is 1.37 bits per heavy atom. The highest BCUT2D eigenvalue weighted by Gasteiger charge is 2.37. The second-order valence-corrected chi connectivity index (χ2v) is 6.96. The molecule has 2 aliphatic heterocycles. The van der Waals surface area contributed by atoms with Gasteiger partial charge in [-0.05, 0) is 37.5 Å². The Morgan fingerprint density at radius 3 is 3.00 bits per heavy atom. The Hall–Kier alpha value is -0.220. The van der Waals surface area contributed by atoms with Crippen molar-refractivity contribution in [1.82, 2.24) is 10.3 Å². The van der Waals surface area contributed by atoms with Crippen molar-refractivity contribution in [2.24, 2.45) is 16.9 Å². The first kappa shape index (κ1) is 15.2. The topological polar surface area (TPSA) is 27.6 Å². The zero-order valence-electron chi connectivity index (χ0n) is 12.5. The van der Waals surface area contributed by atoms with Crippen LogP contribution >= 0.6 is 11.8 Å². The van der Waals surface area contributed by atoms with Crippen molar-refractivity contribution in [3.8, 4) is 0 Å². The summed E-state index contributed by atoms with van der Waals surface area (Å²) in [5, 5.41) is 4.60. The van der Waals surface area contributed by atoms with E-state index in [0.717, 1.165) is 11.7 Å². The lowest BCUT2D eigenvalue weighted by atomic mass is 9.88. The summed E-state index contributed by atoms with van der Waals surface area (Å²) < 4.78 is 0. The molecule has 2 fully saturated rings. The molecule has 0 aromatic heterocycles. The van der Waals surface area contributed by atoms with Crippen LogP contribution < -0.4 is 5.43 Å². The Labute approximate surface area is 122 Å². The Morgan fingerprint density at radius 2 is 2.26 bits per heavy atom. The lowest BCUT2D eigenvalue weighted by Gasteiger charge is -2.22. The molecular weight excluding hydrogens is 254 g/mol. The fourth-order valence-corrected chi connectivity index (χ4v) is 4.43. The standard InChI is InChI=1S/C15H29N3S/c1-3-4-5-9-19-12-15(17-16-2)14-11-18-8-6-7-13(14)10-18/h13-14,16H,3-12H2,1-2H3/b17-15+/t13?,14-/m1/s1. The van der Waals surface area contributed by atoms with E-state index in [1.165, 1.54) is 63.2 Å². The van der Waals surface area contributed by atoms with E-state index in [4.69, 9.17) is 0 Å². The van der Waals surface area contributed by atoms with E-state index in [-0.39, 0.29) is 0 Å². The molecule has 2 aliphatic rings. The van der Waals surface area contributed by atoms with E-state index in [2.05, 4.69) is 34.1 Å². The van der Waals surface area contributed by atoms with Gasteiger partial charge in [0, 0.05) is 31.8 Å². The van der Waals surface area contributed by atoms with Crippen molar-refractivity contribution in [3.63, 3.8) is 0 Å². The number of nitrogens with one attached hydrogen (secondary N) is 1. The number of fused-ring (bicyclic) bond motifs is 2. The van der Waals surface area contributed by atoms with E-state index in [0.29, 0.717) is 5.92 Å². The second kappa shape index (κ2) is 8.15. The minimum absolute atomic E-state index is 0.716. The Balaban J connectivity index is 1.81. The third-order valence-corrected chi connectivity index (χ3v) is 5.47. The van der Waals surface area contributed by atoms with Crippen molar-refractivity contribution in [2.75, 3.05) is 38.2 Å². The van der Waals surface area contributed by atoms with Crippen molar-refractivity contribution in [3.05, 3.63) is 0 Å². The molecule has 0 aliphatic carbocycles. The van der Waals surface area contributed by atoms with Crippen LogP contribution in [0.1, 0.15) is 39.0 Å². The SMILES string of the molecule is CCCCCSC/C(=N\NC)[C@@H]1CN2CCCC1C2. The van der Waals surface area contributed by atoms with Gasteiger partial charge in [-0.25, -0.2) is 0 Å². The predicted octanol–water partition coefficient (Wildman–Crippen LogP) is 2.83. The van der Waals surface area contributed by atoms with Gasteiger partial charge in [0.2, 0.25) is 0 Å². The van der Waals surface area contributed by atoms with Gasteiger partial charge in [-0.1, -0.05) is 19.8 Å². The second-order valence-electron chi connectivity index (χ2n) is 5.85. The molecule has 2 bridgehead atoms. The number of thioether (sulfide) groups is 1. The van der Waals surface area contributed by atoms with Gasteiger partial charge in [-0.15, -0.1) is 0 Å². The highest BCUT2D eigenvalue weighted by atomic mass is 32.2. The molecule has 0 aromatic rings. The van der Waals surface area contributed by atoms with E-state index >= 15 is 0 Å². The first-order valence-electron chi connectivity index (χ1n) is 7.88. The average molecular weight is 283 g/mol. The first-order chi connectivity index (χ1) is 9.35. The summed E-state index contributed by atoms with van der Waals surface area (Å²) in [5.74, 6) is 4.00. The number of hydrazone groups is 1. The van der Waals surface area contributed by atoms with Crippen LogP contribution in [0, 0.1) is 11.8 Å². The molecule has 0 radical (unpaired) electrons.